The van der Waals surface area contributed by atoms with Crippen molar-refractivity contribution in [1.82, 2.24) is 4.90 Å². The zero-order valence-electron chi connectivity index (χ0n) is 13.1. The number of benzene rings is 1. The van der Waals surface area contributed by atoms with E-state index in [0.717, 1.165) is 37.0 Å². The summed E-state index contributed by atoms with van der Waals surface area (Å²) in [4.78, 5) is 38.2. The van der Waals surface area contributed by atoms with Crippen LogP contribution in [0.4, 0.5) is 5.69 Å². The Labute approximate surface area is 150 Å². The lowest BCUT2D eigenvalue weighted by Gasteiger charge is -2.30. The SMILES string of the molecule is O=C(CN1C(=O)CC2(CCCCC2)C1=O)Nc1cccc(Cl)c1Cl. The molecule has 1 saturated heterocycles. The number of carbonyl (C=O) groups excluding carboxylic acids is 3. The van der Waals surface area contributed by atoms with Gasteiger partial charge in [0, 0.05) is 6.42 Å². The minimum absolute atomic E-state index is 0.209. The molecule has 0 bridgehead atoms. The largest absolute Gasteiger partial charge is 0.323 e. The monoisotopic (exact) mass is 368 g/mol. The highest BCUT2D eigenvalue weighted by atomic mass is 35.5. The van der Waals surface area contributed by atoms with Crippen molar-refractivity contribution in [1.29, 1.82) is 0 Å². The van der Waals surface area contributed by atoms with Crippen LogP contribution in [0.2, 0.25) is 10.0 Å². The van der Waals surface area contributed by atoms with Gasteiger partial charge in [-0.05, 0) is 25.0 Å². The summed E-state index contributed by atoms with van der Waals surface area (Å²) in [6.07, 6.45) is 4.69. The van der Waals surface area contributed by atoms with Crippen molar-refractivity contribution >= 4 is 46.6 Å². The van der Waals surface area contributed by atoms with Crippen molar-refractivity contribution < 1.29 is 14.4 Å². The second-order valence-electron chi connectivity index (χ2n) is 6.45. The highest BCUT2D eigenvalue weighted by Crippen LogP contribution is 2.45. The van der Waals surface area contributed by atoms with E-state index in [2.05, 4.69) is 5.32 Å². The van der Waals surface area contributed by atoms with E-state index in [1.165, 1.54) is 0 Å². The van der Waals surface area contributed by atoms with E-state index in [1.807, 2.05) is 0 Å². The Balaban J connectivity index is 1.69. The summed E-state index contributed by atoms with van der Waals surface area (Å²) in [6, 6.07) is 4.88. The third-order valence-electron chi connectivity index (χ3n) is 4.83. The van der Waals surface area contributed by atoms with Crippen molar-refractivity contribution in [2.24, 2.45) is 5.41 Å². The number of nitrogens with one attached hydrogen (secondary N) is 1. The Morgan fingerprint density at radius 1 is 1.17 bits per heavy atom. The van der Waals surface area contributed by atoms with E-state index in [-0.39, 0.29) is 29.8 Å². The molecular weight excluding hydrogens is 351 g/mol. The van der Waals surface area contributed by atoms with Gasteiger partial charge in [-0.1, -0.05) is 48.5 Å². The Morgan fingerprint density at radius 2 is 1.88 bits per heavy atom. The van der Waals surface area contributed by atoms with Crippen LogP contribution in [0.3, 0.4) is 0 Å². The maximum Gasteiger partial charge on any atom is 0.244 e. The molecule has 1 saturated carbocycles. The molecule has 3 amide bonds. The highest BCUT2D eigenvalue weighted by Gasteiger charge is 2.51. The summed E-state index contributed by atoms with van der Waals surface area (Å²) in [7, 11) is 0. The number of anilines is 1. The van der Waals surface area contributed by atoms with Crippen LogP contribution in [0.25, 0.3) is 0 Å². The van der Waals surface area contributed by atoms with Crippen molar-refractivity contribution in [2.75, 3.05) is 11.9 Å². The molecule has 0 atom stereocenters. The van der Waals surface area contributed by atoms with Crippen LogP contribution in [-0.4, -0.2) is 29.2 Å². The van der Waals surface area contributed by atoms with Crippen molar-refractivity contribution in [2.45, 2.75) is 38.5 Å². The molecule has 1 aromatic rings. The van der Waals surface area contributed by atoms with Gasteiger partial charge in [-0.25, -0.2) is 0 Å². The van der Waals surface area contributed by atoms with Crippen LogP contribution in [0.15, 0.2) is 18.2 Å². The van der Waals surface area contributed by atoms with E-state index < -0.39 is 11.3 Å². The Hall–Kier alpha value is -1.59. The van der Waals surface area contributed by atoms with E-state index in [1.54, 1.807) is 18.2 Å². The zero-order chi connectivity index (χ0) is 17.3. The number of amides is 3. The van der Waals surface area contributed by atoms with Gasteiger partial charge in [-0.3, -0.25) is 19.3 Å². The van der Waals surface area contributed by atoms with Crippen LogP contribution < -0.4 is 5.32 Å². The molecule has 1 aliphatic heterocycles. The first kappa shape index (κ1) is 17.2. The van der Waals surface area contributed by atoms with Crippen LogP contribution in [-0.2, 0) is 14.4 Å². The van der Waals surface area contributed by atoms with Crippen molar-refractivity contribution in [3.05, 3.63) is 28.2 Å². The third-order valence-corrected chi connectivity index (χ3v) is 5.65. The van der Waals surface area contributed by atoms with Crippen molar-refractivity contribution in [3.63, 3.8) is 0 Å². The van der Waals surface area contributed by atoms with Gasteiger partial charge >= 0.3 is 0 Å². The summed E-state index contributed by atoms with van der Waals surface area (Å²) in [5.74, 6) is -0.942. The highest BCUT2D eigenvalue weighted by molar-refractivity contribution is 6.44. The van der Waals surface area contributed by atoms with E-state index >= 15 is 0 Å². The quantitative estimate of drug-likeness (QED) is 0.828. The summed E-state index contributed by atoms with van der Waals surface area (Å²) < 4.78 is 0. The maximum atomic E-state index is 12.7. The van der Waals surface area contributed by atoms with Crippen LogP contribution in [0, 0.1) is 5.41 Å². The lowest BCUT2D eigenvalue weighted by atomic mass is 9.73. The zero-order valence-corrected chi connectivity index (χ0v) is 14.6. The summed E-state index contributed by atoms with van der Waals surface area (Å²) in [5.41, 5.74) is -0.218. The molecule has 1 aliphatic carbocycles. The molecule has 2 aliphatic rings. The minimum Gasteiger partial charge on any atom is -0.323 e. The second kappa shape index (κ2) is 6.73. The van der Waals surface area contributed by atoms with Crippen LogP contribution in [0.5, 0.6) is 0 Å². The fourth-order valence-corrected chi connectivity index (χ4v) is 3.92. The van der Waals surface area contributed by atoms with E-state index in [4.69, 9.17) is 23.2 Å². The molecule has 2 fully saturated rings. The summed E-state index contributed by atoms with van der Waals surface area (Å²) in [5, 5.41) is 3.16. The molecule has 128 valence electrons. The molecular formula is C17H18Cl2N2O3. The van der Waals surface area contributed by atoms with Crippen LogP contribution >= 0.6 is 23.2 Å². The average Bonchev–Trinajstić information content (AvgIpc) is 2.77. The summed E-state index contributed by atoms with van der Waals surface area (Å²) >= 11 is 11.9. The molecule has 1 aromatic carbocycles. The lowest BCUT2D eigenvalue weighted by Crippen LogP contribution is -2.41. The molecule has 5 nitrogen and oxygen atoms in total. The van der Waals surface area contributed by atoms with E-state index in [0.29, 0.717) is 10.7 Å². The Bertz CT molecular complexity index is 699. The first-order chi connectivity index (χ1) is 11.4. The number of halogens is 2. The predicted molar refractivity (Wildman–Crippen MR) is 91.9 cm³/mol. The Morgan fingerprint density at radius 3 is 2.58 bits per heavy atom. The normalized spacial score (nSPS) is 19.8. The molecule has 24 heavy (non-hydrogen) atoms. The smallest absolute Gasteiger partial charge is 0.244 e. The Kier molecular flexibility index (Phi) is 4.83. The lowest BCUT2D eigenvalue weighted by molar-refractivity contribution is -0.144. The topological polar surface area (TPSA) is 66.5 Å². The fourth-order valence-electron chi connectivity index (χ4n) is 3.57. The molecule has 3 rings (SSSR count). The van der Waals surface area contributed by atoms with Gasteiger partial charge < -0.3 is 5.32 Å². The van der Waals surface area contributed by atoms with Crippen molar-refractivity contribution in [3.8, 4) is 0 Å². The predicted octanol–water partition coefficient (Wildman–Crippen LogP) is 3.64. The number of hydrogen-bond acceptors (Lipinski definition) is 3. The second-order valence-corrected chi connectivity index (χ2v) is 7.24. The van der Waals surface area contributed by atoms with Crippen LogP contribution in [0.1, 0.15) is 38.5 Å². The van der Waals surface area contributed by atoms with Gasteiger partial charge in [-0.15, -0.1) is 0 Å². The molecule has 1 heterocycles. The molecule has 0 aromatic heterocycles. The maximum absolute atomic E-state index is 12.7. The number of nitrogens with zero attached hydrogens (tertiary/aromatic N) is 1. The van der Waals surface area contributed by atoms with Gasteiger partial charge in [0.1, 0.15) is 6.54 Å². The van der Waals surface area contributed by atoms with Gasteiger partial charge in [0.15, 0.2) is 0 Å². The third kappa shape index (κ3) is 3.15. The standard InChI is InChI=1S/C17H18Cl2N2O3/c18-11-5-4-6-12(15(11)19)20-13(22)10-21-14(23)9-17(16(21)24)7-2-1-3-8-17/h4-6H,1-3,7-10H2,(H,20,22). The molecule has 0 unspecified atom stereocenters. The number of hydrogen-bond donors (Lipinski definition) is 1. The van der Waals surface area contributed by atoms with E-state index in [9.17, 15) is 14.4 Å². The fraction of sp³-hybridized carbons (Fsp3) is 0.471. The first-order valence-electron chi connectivity index (χ1n) is 8.02. The molecule has 7 heteroatoms. The number of likely N-dealkylation sites (tertiary alicyclic amines) is 1. The number of imide groups is 1. The van der Waals surface area contributed by atoms with Gasteiger partial charge in [-0.2, -0.15) is 0 Å². The van der Waals surface area contributed by atoms with Gasteiger partial charge in [0.05, 0.1) is 21.1 Å². The van der Waals surface area contributed by atoms with Gasteiger partial charge in [0.25, 0.3) is 0 Å². The minimum atomic E-state index is -0.580. The number of rotatable bonds is 3. The van der Waals surface area contributed by atoms with Gasteiger partial charge in [0.2, 0.25) is 17.7 Å². The summed E-state index contributed by atoms with van der Waals surface area (Å²) in [6.45, 7) is -0.289. The average molecular weight is 369 g/mol. The molecule has 0 radical (unpaired) electrons. The number of carbonyl (C=O) groups is 3. The first-order valence-corrected chi connectivity index (χ1v) is 8.77. The molecule has 1 N–H and O–H groups in total. The molecule has 1 spiro atoms.